The van der Waals surface area contributed by atoms with E-state index in [2.05, 4.69) is 15.9 Å². The quantitative estimate of drug-likeness (QED) is 0.690. The highest BCUT2D eigenvalue weighted by atomic mass is 79.9. The zero-order valence-corrected chi connectivity index (χ0v) is 8.85. The molecular weight excluding hydrogens is 247 g/mol. The largest absolute Gasteiger partial charge is 0.376 e. The van der Waals surface area contributed by atoms with Crippen molar-refractivity contribution in [1.82, 2.24) is 0 Å². The summed E-state index contributed by atoms with van der Waals surface area (Å²) in [5, 5.41) is 0.883. The third kappa shape index (κ3) is 1.35. The smallest absolute Gasteiger partial charge is 0.0891 e. The molecule has 0 fully saturated rings. The van der Waals surface area contributed by atoms with Gasteiger partial charge in [0.2, 0.25) is 0 Å². The van der Waals surface area contributed by atoms with Crippen LogP contribution in [-0.4, -0.2) is 6.61 Å². The molecule has 0 spiro atoms. The van der Waals surface area contributed by atoms with Crippen molar-refractivity contribution in [3.8, 4) is 0 Å². The van der Waals surface area contributed by atoms with Crippen molar-refractivity contribution in [1.29, 1.82) is 0 Å². The highest BCUT2D eigenvalue weighted by Crippen LogP contribution is 2.39. The highest BCUT2D eigenvalue weighted by molar-refractivity contribution is 9.11. The van der Waals surface area contributed by atoms with Gasteiger partial charge in [0.25, 0.3) is 0 Å². The van der Waals surface area contributed by atoms with Gasteiger partial charge in [-0.1, -0.05) is 11.6 Å². The van der Waals surface area contributed by atoms with E-state index in [-0.39, 0.29) is 0 Å². The number of fused-ring (bicyclic) bond motifs is 1. The van der Waals surface area contributed by atoms with Gasteiger partial charge in [0.15, 0.2) is 0 Å². The van der Waals surface area contributed by atoms with Gasteiger partial charge in [0.05, 0.1) is 22.0 Å². The van der Waals surface area contributed by atoms with Crippen molar-refractivity contribution >= 4 is 38.9 Å². The maximum absolute atomic E-state index is 6.03. The molecule has 0 radical (unpaired) electrons. The normalized spacial score (nSPS) is 16.5. The number of ether oxygens (including phenoxy) is 1. The van der Waals surface area contributed by atoms with Crippen LogP contribution in [0.25, 0.3) is 0 Å². The lowest BCUT2D eigenvalue weighted by Crippen LogP contribution is -2.06. The molecule has 2 rings (SSSR count). The van der Waals surface area contributed by atoms with Gasteiger partial charge < -0.3 is 4.74 Å². The standard InChI is InChI=1S/C7H6BrClOS/c8-7-6(9)4-1-2-10-3-5(4)11-7/h1-3H2. The van der Waals surface area contributed by atoms with Gasteiger partial charge in [0, 0.05) is 4.88 Å². The minimum Gasteiger partial charge on any atom is -0.376 e. The summed E-state index contributed by atoms with van der Waals surface area (Å²) in [6, 6.07) is 0. The summed E-state index contributed by atoms with van der Waals surface area (Å²) in [6.45, 7) is 1.53. The average molecular weight is 254 g/mol. The first-order chi connectivity index (χ1) is 5.29. The lowest BCUT2D eigenvalue weighted by Gasteiger charge is -2.11. The second-order valence-corrected chi connectivity index (χ2v) is 5.20. The van der Waals surface area contributed by atoms with Gasteiger partial charge >= 0.3 is 0 Å². The van der Waals surface area contributed by atoms with Crippen molar-refractivity contribution in [2.24, 2.45) is 0 Å². The van der Waals surface area contributed by atoms with E-state index in [0.717, 1.165) is 28.4 Å². The van der Waals surface area contributed by atoms with Crippen LogP contribution in [0.4, 0.5) is 0 Å². The van der Waals surface area contributed by atoms with Crippen molar-refractivity contribution in [2.75, 3.05) is 6.61 Å². The first-order valence-corrected chi connectivity index (χ1v) is 5.31. The van der Waals surface area contributed by atoms with E-state index in [4.69, 9.17) is 16.3 Å². The number of hydrogen-bond acceptors (Lipinski definition) is 2. The van der Waals surface area contributed by atoms with Crippen LogP contribution >= 0.6 is 38.9 Å². The topological polar surface area (TPSA) is 9.23 Å². The first kappa shape index (κ1) is 8.05. The van der Waals surface area contributed by atoms with Crippen LogP contribution in [0, 0.1) is 0 Å². The molecule has 0 saturated heterocycles. The molecule has 0 aliphatic carbocycles. The molecule has 1 aromatic heterocycles. The zero-order chi connectivity index (χ0) is 7.84. The highest BCUT2D eigenvalue weighted by Gasteiger charge is 2.17. The summed E-state index contributed by atoms with van der Waals surface area (Å²) >= 11 is 11.1. The molecule has 0 bridgehead atoms. The lowest BCUT2D eigenvalue weighted by atomic mass is 10.2. The molecule has 1 nitrogen and oxygen atoms in total. The molecule has 0 amide bonds. The average Bonchev–Trinajstić information content (AvgIpc) is 2.30. The number of hydrogen-bond donors (Lipinski definition) is 0. The third-order valence-electron chi connectivity index (χ3n) is 1.72. The fourth-order valence-corrected chi connectivity index (χ4v) is 3.26. The van der Waals surface area contributed by atoms with Gasteiger partial charge in [-0.15, -0.1) is 11.3 Å². The Kier molecular flexibility index (Phi) is 2.23. The van der Waals surface area contributed by atoms with Crippen LogP contribution in [0.3, 0.4) is 0 Å². The van der Waals surface area contributed by atoms with Crippen molar-refractivity contribution in [2.45, 2.75) is 13.0 Å². The number of rotatable bonds is 0. The summed E-state index contributed by atoms with van der Waals surface area (Å²) in [5.41, 5.74) is 1.27. The molecule has 1 aliphatic rings. The van der Waals surface area contributed by atoms with Gasteiger partial charge in [-0.2, -0.15) is 0 Å². The second-order valence-electron chi connectivity index (χ2n) is 2.39. The van der Waals surface area contributed by atoms with Crippen molar-refractivity contribution in [3.05, 3.63) is 19.2 Å². The fraction of sp³-hybridized carbons (Fsp3) is 0.429. The number of thiophene rings is 1. The molecule has 2 heterocycles. The fourth-order valence-electron chi connectivity index (χ4n) is 1.16. The van der Waals surface area contributed by atoms with Gasteiger partial charge in [-0.05, 0) is 27.9 Å². The minimum absolute atomic E-state index is 0.728. The molecule has 1 aromatic rings. The van der Waals surface area contributed by atoms with Gasteiger partial charge in [-0.3, -0.25) is 0 Å². The van der Waals surface area contributed by atoms with E-state index in [1.165, 1.54) is 10.4 Å². The predicted molar refractivity (Wildman–Crippen MR) is 50.4 cm³/mol. The second kappa shape index (κ2) is 3.05. The molecule has 4 heteroatoms. The minimum atomic E-state index is 0.728. The Morgan fingerprint density at radius 3 is 3.09 bits per heavy atom. The Morgan fingerprint density at radius 1 is 1.55 bits per heavy atom. The molecule has 11 heavy (non-hydrogen) atoms. The zero-order valence-electron chi connectivity index (χ0n) is 5.69. The molecule has 0 N–H and O–H groups in total. The first-order valence-electron chi connectivity index (χ1n) is 3.32. The van der Waals surface area contributed by atoms with E-state index in [0.29, 0.717) is 0 Å². The van der Waals surface area contributed by atoms with Crippen molar-refractivity contribution < 1.29 is 4.74 Å². The van der Waals surface area contributed by atoms with E-state index >= 15 is 0 Å². The van der Waals surface area contributed by atoms with Gasteiger partial charge in [0.1, 0.15) is 0 Å². The Bertz CT molecular complexity index is 284. The van der Waals surface area contributed by atoms with Crippen molar-refractivity contribution in [3.63, 3.8) is 0 Å². The summed E-state index contributed by atoms with van der Waals surface area (Å²) in [6.07, 6.45) is 0.955. The third-order valence-corrected chi connectivity index (χ3v) is 4.35. The molecule has 0 aromatic carbocycles. The maximum Gasteiger partial charge on any atom is 0.0891 e. The summed E-state index contributed by atoms with van der Waals surface area (Å²) in [7, 11) is 0. The van der Waals surface area contributed by atoms with E-state index in [1.807, 2.05) is 0 Å². The van der Waals surface area contributed by atoms with Crippen LogP contribution < -0.4 is 0 Å². The van der Waals surface area contributed by atoms with Crippen LogP contribution in [0.1, 0.15) is 10.4 Å². The van der Waals surface area contributed by atoms with Crippen LogP contribution in [0.2, 0.25) is 5.02 Å². The molecular formula is C7H6BrClOS. The number of halogens is 2. The SMILES string of the molecule is Clc1c(Br)sc2c1CCOC2. The Hall–Kier alpha value is 0.430. The van der Waals surface area contributed by atoms with Gasteiger partial charge in [-0.25, -0.2) is 0 Å². The summed E-state index contributed by atoms with van der Waals surface area (Å²) in [4.78, 5) is 1.27. The molecule has 1 aliphatic heterocycles. The van der Waals surface area contributed by atoms with E-state index in [9.17, 15) is 0 Å². The van der Waals surface area contributed by atoms with E-state index in [1.54, 1.807) is 11.3 Å². The molecule has 0 saturated carbocycles. The van der Waals surface area contributed by atoms with Crippen LogP contribution in [0.15, 0.2) is 3.79 Å². The van der Waals surface area contributed by atoms with Crippen LogP contribution in [0.5, 0.6) is 0 Å². The Balaban J connectivity index is 2.50. The predicted octanol–water partition coefficient (Wildman–Crippen LogP) is 3.24. The molecule has 0 unspecified atom stereocenters. The van der Waals surface area contributed by atoms with E-state index < -0.39 is 0 Å². The lowest BCUT2D eigenvalue weighted by molar-refractivity contribution is 0.113. The Labute approximate surface area is 82.4 Å². The van der Waals surface area contributed by atoms with Crippen LogP contribution in [-0.2, 0) is 17.8 Å². The molecule has 60 valence electrons. The molecule has 0 atom stereocenters. The summed E-state index contributed by atoms with van der Waals surface area (Å²) < 4.78 is 6.33. The Morgan fingerprint density at radius 2 is 2.36 bits per heavy atom. The maximum atomic E-state index is 6.03. The monoisotopic (exact) mass is 252 g/mol. The summed E-state index contributed by atoms with van der Waals surface area (Å²) in [5.74, 6) is 0.